The second-order valence-corrected chi connectivity index (χ2v) is 4.32. The van der Waals surface area contributed by atoms with Gasteiger partial charge in [-0.05, 0) is 18.2 Å². The lowest BCUT2D eigenvalue weighted by molar-refractivity contribution is 0.0765. The summed E-state index contributed by atoms with van der Waals surface area (Å²) in [7, 11) is 1.58. The molecule has 0 aliphatic rings. The predicted molar refractivity (Wildman–Crippen MR) is 72.6 cm³/mol. The molecule has 0 aliphatic heterocycles. The van der Waals surface area contributed by atoms with Crippen molar-refractivity contribution >= 4 is 23.0 Å². The number of amides is 1. The number of fused-ring (bicyclic) bond motifs is 1. The Balaban J connectivity index is 1.96. The fraction of sp³-hybridized carbons (Fsp3) is 0.308. The molecule has 1 aromatic heterocycles. The van der Waals surface area contributed by atoms with Crippen molar-refractivity contribution in [3.63, 3.8) is 0 Å². The highest BCUT2D eigenvalue weighted by molar-refractivity contribution is 5.99. The quantitative estimate of drug-likeness (QED) is 0.596. The molecule has 0 fully saturated rings. The van der Waals surface area contributed by atoms with Crippen LogP contribution in [0.3, 0.4) is 0 Å². The van der Waals surface area contributed by atoms with E-state index in [0.717, 1.165) is 0 Å². The molecule has 0 bridgehead atoms. The monoisotopic (exact) mass is 294 g/mol. The minimum Gasteiger partial charge on any atom is -0.465 e. The first-order chi connectivity index (χ1) is 9.99. The summed E-state index contributed by atoms with van der Waals surface area (Å²) in [6.45, 7) is 0.0276. The van der Waals surface area contributed by atoms with E-state index in [1.54, 1.807) is 19.2 Å². The summed E-state index contributed by atoms with van der Waals surface area (Å²) in [6, 6.07) is 4.69. The summed E-state index contributed by atoms with van der Waals surface area (Å²) in [5.74, 6) is -0.774. The number of carbonyl (C=O) groups excluding carboxylic acids is 1. The number of aromatic nitrogens is 1. The summed E-state index contributed by atoms with van der Waals surface area (Å²) < 4.78 is 11.4. The van der Waals surface area contributed by atoms with Gasteiger partial charge in [-0.1, -0.05) is 0 Å². The molecule has 0 atom stereocenters. The number of benzene rings is 1. The standard InChI is InChI=1S/C13H14N2O6/c1-15-9-3-2-8(6-11(9)21-13(15)19)10(16)7-20-5-4-14-12(17)18/h2-3,6,14H,4-5,7H2,1H3,(H,17,18). The SMILES string of the molecule is Cn1c(=O)oc2cc(C(=O)COCCNC(=O)O)ccc21. The van der Waals surface area contributed by atoms with E-state index in [9.17, 15) is 14.4 Å². The Hall–Kier alpha value is -2.61. The molecule has 0 radical (unpaired) electrons. The molecular weight excluding hydrogens is 280 g/mol. The number of rotatable bonds is 6. The molecule has 0 unspecified atom stereocenters. The molecule has 0 saturated heterocycles. The number of Topliss-reactive ketones (excluding diaryl/α,β-unsaturated/α-hetero) is 1. The van der Waals surface area contributed by atoms with Gasteiger partial charge in [0, 0.05) is 19.2 Å². The Bertz CT molecular complexity index is 730. The third kappa shape index (κ3) is 3.48. The zero-order valence-corrected chi connectivity index (χ0v) is 11.3. The first kappa shape index (κ1) is 14.8. The Labute approximate surface area is 118 Å². The lowest BCUT2D eigenvalue weighted by Gasteiger charge is -2.04. The maximum atomic E-state index is 11.9. The number of hydrogen-bond donors (Lipinski definition) is 2. The molecular formula is C13H14N2O6. The minimum absolute atomic E-state index is 0.0979. The summed E-state index contributed by atoms with van der Waals surface area (Å²) in [5.41, 5.74) is 1.30. The van der Waals surface area contributed by atoms with Gasteiger partial charge in [-0.15, -0.1) is 0 Å². The molecule has 8 nitrogen and oxygen atoms in total. The van der Waals surface area contributed by atoms with Crippen LogP contribution in [0.2, 0.25) is 0 Å². The predicted octanol–water partition coefficient (Wildman–Crippen LogP) is 0.598. The second-order valence-electron chi connectivity index (χ2n) is 4.32. The van der Waals surface area contributed by atoms with E-state index in [4.69, 9.17) is 14.3 Å². The first-order valence-electron chi connectivity index (χ1n) is 6.16. The Morgan fingerprint density at radius 3 is 2.90 bits per heavy atom. The van der Waals surface area contributed by atoms with Gasteiger partial charge < -0.3 is 19.6 Å². The fourth-order valence-electron chi connectivity index (χ4n) is 1.79. The largest absolute Gasteiger partial charge is 0.465 e. The molecule has 21 heavy (non-hydrogen) atoms. The summed E-state index contributed by atoms with van der Waals surface area (Å²) in [5, 5.41) is 10.5. The zero-order chi connectivity index (χ0) is 15.4. The highest BCUT2D eigenvalue weighted by Gasteiger charge is 2.11. The zero-order valence-electron chi connectivity index (χ0n) is 11.3. The molecule has 2 aromatic rings. The summed E-state index contributed by atoms with van der Waals surface area (Å²) in [4.78, 5) is 33.4. The number of aryl methyl sites for hydroxylation is 1. The molecule has 1 aromatic carbocycles. The van der Waals surface area contributed by atoms with Crippen LogP contribution in [0.5, 0.6) is 0 Å². The van der Waals surface area contributed by atoms with Gasteiger partial charge in [-0.25, -0.2) is 9.59 Å². The van der Waals surface area contributed by atoms with Crippen LogP contribution in [0.25, 0.3) is 11.1 Å². The van der Waals surface area contributed by atoms with E-state index >= 15 is 0 Å². The summed E-state index contributed by atoms with van der Waals surface area (Å²) in [6.07, 6.45) is -1.14. The van der Waals surface area contributed by atoms with Crippen molar-refractivity contribution in [1.82, 2.24) is 9.88 Å². The molecule has 1 amide bonds. The number of nitrogens with one attached hydrogen (secondary N) is 1. The normalized spacial score (nSPS) is 10.7. The smallest absolute Gasteiger partial charge is 0.419 e. The Morgan fingerprint density at radius 1 is 1.43 bits per heavy atom. The van der Waals surface area contributed by atoms with Gasteiger partial charge in [0.15, 0.2) is 11.4 Å². The van der Waals surface area contributed by atoms with E-state index < -0.39 is 11.8 Å². The highest BCUT2D eigenvalue weighted by Crippen LogP contribution is 2.14. The molecule has 2 N–H and O–H groups in total. The van der Waals surface area contributed by atoms with E-state index in [1.165, 1.54) is 10.6 Å². The van der Waals surface area contributed by atoms with Crippen LogP contribution in [0, 0.1) is 0 Å². The highest BCUT2D eigenvalue weighted by atomic mass is 16.5. The van der Waals surface area contributed by atoms with Gasteiger partial charge >= 0.3 is 11.8 Å². The maximum absolute atomic E-state index is 11.9. The topological polar surface area (TPSA) is 111 Å². The number of ether oxygens (including phenoxy) is 1. The molecule has 0 saturated carbocycles. The van der Waals surface area contributed by atoms with Crippen LogP contribution < -0.4 is 11.1 Å². The van der Waals surface area contributed by atoms with Crippen LogP contribution in [0.4, 0.5) is 4.79 Å². The maximum Gasteiger partial charge on any atom is 0.419 e. The number of carbonyl (C=O) groups is 2. The van der Waals surface area contributed by atoms with Crippen molar-refractivity contribution in [2.45, 2.75) is 0 Å². The Morgan fingerprint density at radius 2 is 2.19 bits per heavy atom. The van der Waals surface area contributed by atoms with Gasteiger partial charge in [-0.2, -0.15) is 0 Å². The van der Waals surface area contributed by atoms with Crippen molar-refractivity contribution in [3.05, 3.63) is 34.3 Å². The average molecular weight is 294 g/mol. The minimum atomic E-state index is -1.14. The molecule has 8 heteroatoms. The molecule has 2 rings (SSSR count). The van der Waals surface area contributed by atoms with Gasteiger partial charge in [0.1, 0.15) is 6.61 Å². The van der Waals surface area contributed by atoms with E-state index in [1.807, 2.05) is 0 Å². The lowest BCUT2D eigenvalue weighted by Crippen LogP contribution is -2.26. The molecule has 0 aliphatic carbocycles. The lowest BCUT2D eigenvalue weighted by atomic mass is 10.1. The number of oxazole rings is 1. The Kier molecular flexibility index (Phi) is 4.39. The van der Waals surface area contributed by atoms with Crippen molar-refractivity contribution < 1.29 is 23.8 Å². The third-order valence-corrected chi connectivity index (χ3v) is 2.87. The van der Waals surface area contributed by atoms with Crippen molar-refractivity contribution in [1.29, 1.82) is 0 Å². The van der Waals surface area contributed by atoms with Crippen LogP contribution in [0.15, 0.2) is 27.4 Å². The second kappa shape index (κ2) is 6.23. The van der Waals surface area contributed by atoms with Crippen LogP contribution in [-0.2, 0) is 11.8 Å². The summed E-state index contributed by atoms with van der Waals surface area (Å²) >= 11 is 0. The van der Waals surface area contributed by atoms with Gasteiger partial charge in [0.25, 0.3) is 0 Å². The number of hydrogen-bond acceptors (Lipinski definition) is 5. The van der Waals surface area contributed by atoms with Crippen LogP contribution in [0.1, 0.15) is 10.4 Å². The van der Waals surface area contributed by atoms with Crippen LogP contribution in [-0.4, -0.2) is 41.3 Å². The van der Waals surface area contributed by atoms with Gasteiger partial charge in [-0.3, -0.25) is 9.36 Å². The number of nitrogens with zero attached hydrogens (tertiary/aromatic N) is 1. The van der Waals surface area contributed by atoms with Crippen molar-refractivity contribution in [2.75, 3.05) is 19.8 Å². The van der Waals surface area contributed by atoms with Crippen molar-refractivity contribution in [2.24, 2.45) is 7.05 Å². The van der Waals surface area contributed by atoms with Crippen LogP contribution >= 0.6 is 0 Å². The molecule has 0 spiro atoms. The average Bonchev–Trinajstić information content (AvgIpc) is 2.72. The fourth-order valence-corrected chi connectivity index (χ4v) is 1.79. The van der Waals surface area contributed by atoms with E-state index in [-0.39, 0.29) is 25.5 Å². The van der Waals surface area contributed by atoms with Gasteiger partial charge in [0.05, 0.1) is 12.1 Å². The number of carboxylic acid groups (broad SMARTS) is 1. The molecule has 112 valence electrons. The van der Waals surface area contributed by atoms with E-state index in [0.29, 0.717) is 16.7 Å². The first-order valence-corrected chi connectivity index (χ1v) is 6.16. The van der Waals surface area contributed by atoms with E-state index in [2.05, 4.69) is 5.32 Å². The molecule has 1 heterocycles. The number of ketones is 1. The van der Waals surface area contributed by atoms with Crippen molar-refractivity contribution in [3.8, 4) is 0 Å². The third-order valence-electron chi connectivity index (χ3n) is 2.87. The van der Waals surface area contributed by atoms with Gasteiger partial charge in [0.2, 0.25) is 0 Å².